The summed E-state index contributed by atoms with van der Waals surface area (Å²) in [6.07, 6.45) is 3.60. The van der Waals surface area contributed by atoms with Crippen molar-refractivity contribution in [1.29, 1.82) is 0 Å². The number of nitrogens with one attached hydrogen (secondary N) is 2. The van der Waals surface area contributed by atoms with E-state index in [1.807, 2.05) is 19.9 Å². The summed E-state index contributed by atoms with van der Waals surface area (Å²) >= 11 is 0. The van der Waals surface area contributed by atoms with Crippen LogP contribution in [0, 0.1) is 16.7 Å². The van der Waals surface area contributed by atoms with E-state index in [2.05, 4.69) is 10.6 Å². The first-order valence-corrected chi connectivity index (χ1v) is 13.8. The van der Waals surface area contributed by atoms with Crippen LogP contribution in [-0.2, 0) is 19.6 Å². The van der Waals surface area contributed by atoms with E-state index in [1.54, 1.807) is 24.3 Å². The van der Waals surface area contributed by atoms with E-state index in [0.29, 0.717) is 57.3 Å². The second-order valence-electron chi connectivity index (χ2n) is 10.5. The molecule has 2 amide bonds. The van der Waals surface area contributed by atoms with Crippen molar-refractivity contribution in [3.05, 3.63) is 35.9 Å². The maximum Gasteiger partial charge on any atom is 0.251 e. The third-order valence-electron chi connectivity index (χ3n) is 8.41. The van der Waals surface area contributed by atoms with Crippen molar-refractivity contribution in [2.45, 2.75) is 58.4 Å². The number of hydrogen-bond acceptors (Lipinski definition) is 5. The highest BCUT2D eigenvalue weighted by molar-refractivity contribution is 7.89. The van der Waals surface area contributed by atoms with E-state index >= 15 is 0 Å². The molecule has 34 heavy (non-hydrogen) atoms. The second kappa shape index (κ2) is 9.41. The van der Waals surface area contributed by atoms with Crippen LogP contribution in [0.5, 0.6) is 0 Å². The summed E-state index contributed by atoms with van der Waals surface area (Å²) in [5, 5.41) is 5.64. The van der Waals surface area contributed by atoms with Gasteiger partial charge in [-0.1, -0.05) is 32.0 Å². The molecule has 2 bridgehead atoms. The van der Waals surface area contributed by atoms with Gasteiger partial charge in [0.05, 0.1) is 5.75 Å². The summed E-state index contributed by atoms with van der Waals surface area (Å²) in [5.41, 5.74) is -0.592. The Labute approximate surface area is 201 Å². The van der Waals surface area contributed by atoms with Crippen LogP contribution in [0.3, 0.4) is 0 Å². The summed E-state index contributed by atoms with van der Waals surface area (Å²) in [6.45, 7) is 5.10. The Balaban J connectivity index is 1.30. The Bertz CT molecular complexity index is 1060. The number of rotatable bonds is 9. The van der Waals surface area contributed by atoms with Gasteiger partial charge in [-0.15, -0.1) is 0 Å². The Morgan fingerprint density at radius 1 is 1.09 bits per heavy atom. The number of benzene rings is 1. The fourth-order valence-corrected chi connectivity index (χ4v) is 8.61. The molecule has 1 aromatic carbocycles. The molecule has 0 radical (unpaired) electrons. The minimum Gasteiger partial charge on any atom is -0.355 e. The number of sulfonamides is 1. The second-order valence-corrected chi connectivity index (χ2v) is 12.4. The molecule has 1 heterocycles. The Morgan fingerprint density at radius 2 is 1.79 bits per heavy atom. The summed E-state index contributed by atoms with van der Waals surface area (Å²) in [5.74, 6) is -0.366. The van der Waals surface area contributed by atoms with E-state index in [1.165, 1.54) is 4.31 Å². The van der Waals surface area contributed by atoms with Gasteiger partial charge in [0.15, 0.2) is 0 Å². The Kier molecular flexibility index (Phi) is 6.88. The van der Waals surface area contributed by atoms with Crippen LogP contribution in [0.25, 0.3) is 0 Å². The van der Waals surface area contributed by atoms with Crippen molar-refractivity contribution in [2.75, 3.05) is 25.4 Å². The first kappa shape index (κ1) is 24.9. The van der Waals surface area contributed by atoms with Gasteiger partial charge in [-0.05, 0) is 55.6 Å². The standard InChI is InChI=1S/C25H35N3O5S/c1-24(2)19-11-12-25(24,21(29)16-19)17-34(32,33)28-15-6-10-20(28)23(31)27-14-7-13-26-22(30)18-8-4-3-5-9-18/h3-5,8-9,19-20H,6-7,10-17H2,1-2H3,(H,26,30)(H,27,31)/t19?,20-,25+/m0/s1. The quantitative estimate of drug-likeness (QED) is 0.516. The van der Waals surface area contributed by atoms with Crippen LogP contribution in [0.1, 0.15) is 62.7 Å². The Hall–Kier alpha value is -2.26. The highest BCUT2D eigenvalue weighted by Gasteiger charge is 2.66. The number of carbonyl (C=O) groups is 3. The molecule has 0 aromatic heterocycles. The molecule has 3 atom stereocenters. The number of ketones is 1. The molecule has 1 aromatic rings. The van der Waals surface area contributed by atoms with E-state index in [0.717, 1.165) is 6.42 Å². The van der Waals surface area contributed by atoms with Crippen molar-refractivity contribution < 1.29 is 22.8 Å². The van der Waals surface area contributed by atoms with Crippen LogP contribution in [0.2, 0.25) is 0 Å². The fraction of sp³-hybridized carbons (Fsp3) is 0.640. The lowest BCUT2D eigenvalue weighted by molar-refractivity contribution is -0.128. The lowest BCUT2D eigenvalue weighted by Crippen LogP contribution is -2.51. The molecule has 2 N–H and O–H groups in total. The topological polar surface area (TPSA) is 113 Å². The van der Waals surface area contributed by atoms with Crippen molar-refractivity contribution in [2.24, 2.45) is 16.7 Å². The number of nitrogens with zero attached hydrogens (tertiary/aromatic N) is 1. The van der Waals surface area contributed by atoms with Gasteiger partial charge in [-0.2, -0.15) is 4.31 Å². The summed E-state index contributed by atoms with van der Waals surface area (Å²) < 4.78 is 28.2. The van der Waals surface area contributed by atoms with Crippen LogP contribution in [0.15, 0.2) is 30.3 Å². The van der Waals surface area contributed by atoms with E-state index in [-0.39, 0.29) is 34.7 Å². The van der Waals surface area contributed by atoms with E-state index < -0.39 is 21.5 Å². The molecule has 186 valence electrons. The zero-order chi connectivity index (χ0) is 24.6. The van der Waals surface area contributed by atoms with Crippen LogP contribution >= 0.6 is 0 Å². The molecule has 3 fully saturated rings. The number of amides is 2. The lowest BCUT2D eigenvalue weighted by atomic mass is 9.70. The highest BCUT2D eigenvalue weighted by Crippen LogP contribution is 2.64. The molecule has 3 aliphatic rings. The molecule has 1 aliphatic heterocycles. The van der Waals surface area contributed by atoms with Crippen molar-refractivity contribution >= 4 is 27.6 Å². The largest absolute Gasteiger partial charge is 0.355 e. The van der Waals surface area contributed by atoms with E-state index in [4.69, 9.17) is 0 Å². The molecular formula is C25H35N3O5S. The minimum absolute atomic E-state index is 0.0649. The first-order valence-electron chi connectivity index (χ1n) is 12.2. The van der Waals surface area contributed by atoms with Gasteiger partial charge in [0.2, 0.25) is 15.9 Å². The molecule has 8 nitrogen and oxygen atoms in total. The summed E-state index contributed by atoms with van der Waals surface area (Å²) in [6, 6.07) is 8.16. The average Bonchev–Trinajstić information content (AvgIpc) is 3.44. The molecule has 2 saturated carbocycles. The third kappa shape index (κ3) is 4.40. The van der Waals surface area contributed by atoms with Crippen molar-refractivity contribution in [3.8, 4) is 0 Å². The minimum atomic E-state index is -3.77. The summed E-state index contributed by atoms with van der Waals surface area (Å²) in [7, 11) is -3.77. The smallest absolute Gasteiger partial charge is 0.251 e. The normalized spacial score (nSPS) is 28.2. The van der Waals surface area contributed by atoms with Gasteiger partial charge in [0, 0.05) is 37.0 Å². The molecular weight excluding hydrogens is 454 g/mol. The maximum atomic E-state index is 13.5. The maximum absolute atomic E-state index is 13.5. The number of hydrogen-bond donors (Lipinski definition) is 2. The van der Waals surface area contributed by atoms with E-state index in [9.17, 15) is 22.8 Å². The first-order chi connectivity index (χ1) is 16.1. The zero-order valence-electron chi connectivity index (χ0n) is 20.0. The van der Waals surface area contributed by atoms with Gasteiger partial charge < -0.3 is 10.6 Å². The van der Waals surface area contributed by atoms with Crippen molar-refractivity contribution in [1.82, 2.24) is 14.9 Å². The van der Waals surface area contributed by atoms with Gasteiger partial charge in [0.25, 0.3) is 5.91 Å². The number of carbonyl (C=O) groups excluding carboxylic acids is 3. The molecule has 1 saturated heterocycles. The third-order valence-corrected chi connectivity index (χ3v) is 10.4. The lowest BCUT2D eigenvalue weighted by Gasteiger charge is -2.37. The number of fused-ring (bicyclic) bond motifs is 2. The van der Waals surface area contributed by atoms with Gasteiger partial charge >= 0.3 is 0 Å². The van der Waals surface area contributed by atoms with Gasteiger partial charge in [-0.25, -0.2) is 8.42 Å². The number of Topliss-reactive ketones (excluding diaryl/α,β-unsaturated/α-hetero) is 1. The van der Waals surface area contributed by atoms with Crippen LogP contribution < -0.4 is 10.6 Å². The predicted molar refractivity (Wildman–Crippen MR) is 128 cm³/mol. The average molecular weight is 490 g/mol. The molecule has 4 rings (SSSR count). The molecule has 1 unspecified atom stereocenters. The van der Waals surface area contributed by atoms with Gasteiger partial charge in [0.1, 0.15) is 11.8 Å². The van der Waals surface area contributed by atoms with Crippen molar-refractivity contribution in [3.63, 3.8) is 0 Å². The van der Waals surface area contributed by atoms with Crippen LogP contribution in [-0.4, -0.2) is 61.7 Å². The predicted octanol–water partition coefficient (Wildman–Crippen LogP) is 2.11. The Morgan fingerprint density at radius 3 is 2.44 bits per heavy atom. The fourth-order valence-electron chi connectivity index (χ4n) is 6.15. The molecule has 0 spiro atoms. The van der Waals surface area contributed by atoms with Crippen LogP contribution in [0.4, 0.5) is 0 Å². The highest BCUT2D eigenvalue weighted by atomic mass is 32.2. The van der Waals surface area contributed by atoms with Gasteiger partial charge in [-0.3, -0.25) is 14.4 Å². The SMILES string of the molecule is CC1(C)C2CC[C@@]1(CS(=O)(=O)N1CCC[C@H]1C(=O)NCCCNC(=O)c1ccccc1)C(=O)C2. The molecule has 9 heteroatoms. The summed E-state index contributed by atoms with van der Waals surface area (Å²) in [4.78, 5) is 37.7. The zero-order valence-corrected chi connectivity index (χ0v) is 20.8. The molecule has 2 aliphatic carbocycles. The monoisotopic (exact) mass is 489 g/mol.